The summed E-state index contributed by atoms with van der Waals surface area (Å²) in [7, 11) is -9.91. The Kier molecular flexibility index (Phi) is 63.1. The maximum Gasteiger partial charge on any atom is 0.472 e. The van der Waals surface area contributed by atoms with Crippen molar-refractivity contribution >= 4 is 39.5 Å². The highest BCUT2D eigenvalue weighted by Crippen LogP contribution is 2.45. The van der Waals surface area contributed by atoms with Gasteiger partial charge in [-0.05, 0) is 49.4 Å². The number of rotatable bonds is 72. The normalized spacial score (nSPS) is 14.2. The lowest BCUT2D eigenvalue weighted by atomic mass is 10.0. The van der Waals surface area contributed by atoms with Crippen molar-refractivity contribution in [2.24, 2.45) is 23.7 Å². The van der Waals surface area contributed by atoms with Gasteiger partial charge in [0.2, 0.25) is 0 Å². The molecule has 0 spiro atoms. The van der Waals surface area contributed by atoms with Gasteiger partial charge in [0, 0.05) is 25.7 Å². The average Bonchev–Trinajstić information content (AvgIpc) is 1.14. The molecule has 0 radical (unpaired) electrons. The average molecular weight is 1380 g/mol. The summed E-state index contributed by atoms with van der Waals surface area (Å²) in [6.45, 7) is 14.2. The molecule has 0 fully saturated rings. The highest BCUT2D eigenvalue weighted by atomic mass is 31.2. The minimum atomic E-state index is -4.96. The van der Waals surface area contributed by atoms with E-state index in [1.165, 1.54) is 180 Å². The Morgan fingerprint density at radius 1 is 0.266 bits per heavy atom. The highest BCUT2D eigenvalue weighted by molar-refractivity contribution is 7.47. The van der Waals surface area contributed by atoms with E-state index in [1.54, 1.807) is 0 Å². The maximum atomic E-state index is 13.1. The van der Waals surface area contributed by atoms with E-state index < -0.39 is 97.5 Å². The molecular formula is C75H146O17P2. The molecule has 0 amide bonds. The second-order valence-corrected chi connectivity index (χ2v) is 31.9. The second-order valence-electron chi connectivity index (χ2n) is 28.9. The number of carbonyl (C=O) groups is 4. The van der Waals surface area contributed by atoms with Crippen molar-refractivity contribution in [3.05, 3.63) is 0 Å². The zero-order valence-electron chi connectivity index (χ0n) is 61.6. The van der Waals surface area contributed by atoms with Crippen molar-refractivity contribution in [3.63, 3.8) is 0 Å². The Morgan fingerprint density at radius 3 is 0.660 bits per heavy atom. The van der Waals surface area contributed by atoms with Gasteiger partial charge in [-0.3, -0.25) is 37.3 Å². The van der Waals surface area contributed by atoms with Gasteiger partial charge in [-0.2, -0.15) is 0 Å². The lowest BCUT2D eigenvalue weighted by Gasteiger charge is -2.21. The molecule has 94 heavy (non-hydrogen) atoms. The summed E-state index contributed by atoms with van der Waals surface area (Å²) in [6.07, 6.45) is 48.6. The van der Waals surface area contributed by atoms with Gasteiger partial charge in [-0.1, -0.05) is 325 Å². The summed E-state index contributed by atoms with van der Waals surface area (Å²) in [5, 5.41) is 10.6. The summed E-state index contributed by atoms with van der Waals surface area (Å²) in [5.41, 5.74) is 0. The van der Waals surface area contributed by atoms with Crippen LogP contribution in [-0.4, -0.2) is 96.7 Å². The Morgan fingerprint density at radius 2 is 0.447 bits per heavy atom. The fourth-order valence-electron chi connectivity index (χ4n) is 11.4. The molecule has 3 N–H and O–H groups in total. The van der Waals surface area contributed by atoms with E-state index >= 15 is 0 Å². The molecule has 0 saturated heterocycles. The first-order valence-corrected chi connectivity index (χ1v) is 41.7. The van der Waals surface area contributed by atoms with Crippen LogP contribution in [0.3, 0.4) is 0 Å². The number of carbonyl (C=O) groups excluding carboxylic acids is 4. The van der Waals surface area contributed by atoms with Gasteiger partial charge in [0.05, 0.1) is 26.4 Å². The third-order valence-corrected chi connectivity index (χ3v) is 19.2. The Hall–Kier alpha value is -1.94. The van der Waals surface area contributed by atoms with Crippen LogP contribution in [0.1, 0.15) is 376 Å². The lowest BCUT2D eigenvalue weighted by molar-refractivity contribution is -0.161. The fourth-order valence-corrected chi connectivity index (χ4v) is 13.0. The molecule has 558 valence electrons. The smallest absolute Gasteiger partial charge is 0.462 e. The molecule has 19 heteroatoms. The van der Waals surface area contributed by atoms with Crippen LogP contribution in [0.25, 0.3) is 0 Å². The third-order valence-electron chi connectivity index (χ3n) is 17.3. The Bertz CT molecular complexity index is 1850. The van der Waals surface area contributed by atoms with Crippen LogP contribution < -0.4 is 0 Å². The molecule has 5 atom stereocenters. The Balaban J connectivity index is 5.24. The van der Waals surface area contributed by atoms with E-state index in [9.17, 15) is 43.2 Å². The molecule has 0 saturated carbocycles. The predicted octanol–water partition coefficient (Wildman–Crippen LogP) is 21.7. The molecule has 0 aliphatic heterocycles. The van der Waals surface area contributed by atoms with E-state index in [-0.39, 0.29) is 25.7 Å². The zero-order chi connectivity index (χ0) is 69.6. The highest BCUT2D eigenvalue weighted by Gasteiger charge is 2.30. The first-order chi connectivity index (χ1) is 45.1. The number of hydrogen-bond acceptors (Lipinski definition) is 15. The van der Waals surface area contributed by atoms with E-state index in [4.69, 9.17) is 37.0 Å². The summed E-state index contributed by atoms with van der Waals surface area (Å²) in [4.78, 5) is 72.8. The van der Waals surface area contributed by atoms with Crippen molar-refractivity contribution in [3.8, 4) is 0 Å². The van der Waals surface area contributed by atoms with E-state index in [0.717, 1.165) is 114 Å². The van der Waals surface area contributed by atoms with Crippen molar-refractivity contribution in [2.45, 2.75) is 395 Å². The van der Waals surface area contributed by atoms with Gasteiger partial charge in [-0.15, -0.1) is 0 Å². The van der Waals surface area contributed by atoms with Gasteiger partial charge in [0.1, 0.15) is 19.3 Å². The third kappa shape index (κ3) is 68.6. The number of phosphoric ester groups is 2. The van der Waals surface area contributed by atoms with Crippen LogP contribution in [0.15, 0.2) is 0 Å². The molecule has 0 heterocycles. The lowest BCUT2D eigenvalue weighted by Crippen LogP contribution is -2.30. The van der Waals surface area contributed by atoms with Gasteiger partial charge < -0.3 is 33.8 Å². The molecule has 3 unspecified atom stereocenters. The van der Waals surface area contributed by atoms with Crippen molar-refractivity contribution in [1.29, 1.82) is 0 Å². The van der Waals surface area contributed by atoms with E-state index in [2.05, 4.69) is 55.4 Å². The van der Waals surface area contributed by atoms with Crippen LogP contribution in [-0.2, 0) is 65.4 Å². The molecule has 0 bridgehead atoms. The summed E-state index contributed by atoms with van der Waals surface area (Å²) in [6, 6.07) is 0. The van der Waals surface area contributed by atoms with Gasteiger partial charge >= 0.3 is 39.5 Å². The number of hydrogen-bond donors (Lipinski definition) is 3. The van der Waals surface area contributed by atoms with Crippen molar-refractivity contribution < 1.29 is 80.2 Å². The molecule has 0 aromatic rings. The number of esters is 4. The largest absolute Gasteiger partial charge is 0.472 e. The van der Waals surface area contributed by atoms with Crippen LogP contribution in [0, 0.1) is 23.7 Å². The van der Waals surface area contributed by atoms with E-state index in [1.807, 2.05) is 0 Å². The van der Waals surface area contributed by atoms with Crippen LogP contribution in [0.4, 0.5) is 0 Å². The second kappa shape index (κ2) is 64.4. The van der Waals surface area contributed by atoms with Gasteiger partial charge in [0.15, 0.2) is 12.2 Å². The molecule has 0 aliphatic carbocycles. The standard InChI is InChI=1S/C75H146O17P2/c1-65(2)51-43-35-27-19-15-12-10-9-11-13-17-21-33-41-49-57-74(79)91-70(61-85-72(77)55-47-39-31-25-23-29-37-45-53-67(5)6)63-89-93(81,82)87-59-69(76)60-88-94(83,84)90-64-71(62-86-73(78)56-48-40-32-26-24-30-38-46-54-68(7)8)92-75(80)58-50-42-34-22-18-14-16-20-28-36-44-52-66(3)4/h65-71,76H,9-64H2,1-8H3,(H,81,82)(H,83,84)/t69?,70-,71-/m1/s1. The summed E-state index contributed by atoms with van der Waals surface area (Å²) >= 11 is 0. The molecule has 0 aromatic carbocycles. The molecular weight excluding hydrogens is 1230 g/mol. The molecule has 0 rings (SSSR count). The van der Waals surface area contributed by atoms with Crippen molar-refractivity contribution in [1.82, 2.24) is 0 Å². The van der Waals surface area contributed by atoms with Crippen LogP contribution in [0.2, 0.25) is 0 Å². The summed E-state index contributed by atoms with van der Waals surface area (Å²) in [5.74, 6) is 0.898. The quantitative estimate of drug-likeness (QED) is 0.0222. The maximum absolute atomic E-state index is 13.1. The van der Waals surface area contributed by atoms with Crippen molar-refractivity contribution in [2.75, 3.05) is 39.6 Å². The number of phosphoric acid groups is 2. The van der Waals surface area contributed by atoms with Crippen LogP contribution in [0.5, 0.6) is 0 Å². The number of aliphatic hydroxyl groups excluding tert-OH is 1. The minimum Gasteiger partial charge on any atom is -0.462 e. The first kappa shape index (κ1) is 92.1. The van der Waals surface area contributed by atoms with Gasteiger partial charge in [-0.25, -0.2) is 9.13 Å². The zero-order valence-corrected chi connectivity index (χ0v) is 63.4. The van der Waals surface area contributed by atoms with Gasteiger partial charge in [0.25, 0.3) is 0 Å². The molecule has 0 aliphatic rings. The summed E-state index contributed by atoms with van der Waals surface area (Å²) < 4.78 is 68.5. The van der Waals surface area contributed by atoms with E-state index in [0.29, 0.717) is 25.7 Å². The minimum absolute atomic E-state index is 0.105. The van der Waals surface area contributed by atoms with Crippen LogP contribution >= 0.6 is 15.6 Å². The number of aliphatic hydroxyl groups is 1. The number of ether oxygens (including phenoxy) is 4. The SMILES string of the molecule is CC(C)CCCCCCCCCCCCCCCCCC(=O)O[C@H](COC(=O)CCCCCCCCCCC(C)C)COP(=O)(O)OCC(O)COP(=O)(O)OC[C@@H](COC(=O)CCCCCCCCCCC(C)C)OC(=O)CCCCCCCCCCCCCC(C)C. The number of unbranched alkanes of at least 4 members (excludes halogenated alkanes) is 38. The topological polar surface area (TPSA) is 237 Å². The fraction of sp³-hybridized carbons (Fsp3) is 0.947. The molecule has 0 aromatic heterocycles. The predicted molar refractivity (Wildman–Crippen MR) is 381 cm³/mol. The first-order valence-electron chi connectivity index (χ1n) is 38.7. The molecule has 17 nitrogen and oxygen atoms in total. The Labute approximate surface area is 575 Å². The monoisotopic (exact) mass is 1380 g/mol.